The van der Waals surface area contributed by atoms with E-state index >= 15 is 0 Å². The third kappa shape index (κ3) is 5.20. The lowest BCUT2D eigenvalue weighted by Gasteiger charge is -2.21. The number of nitrogens with one attached hydrogen (secondary N) is 2. The van der Waals surface area contributed by atoms with Crippen molar-refractivity contribution in [1.29, 1.82) is 0 Å². The highest BCUT2D eigenvalue weighted by molar-refractivity contribution is 5.94. The summed E-state index contributed by atoms with van der Waals surface area (Å²) in [5, 5.41) is 0. The summed E-state index contributed by atoms with van der Waals surface area (Å²) >= 11 is 0. The van der Waals surface area contributed by atoms with Crippen LogP contribution in [0.25, 0.3) is 0 Å². The van der Waals surface area contributed by atoms with Gasteiger partial charge in [0.05, 0.1) is 11.8 Å². The minimum atomic E-state index is -0.651. The Bertz CT molecular complexity index is 777. The molecule has 1 fully saturated rings. The van der Waals surface area contributed by atoms with E-state index in [-0.39, 0.29) is 5.76 Å². The zero-order valence-electron chi connectivity index (χ0n) is 14.9. The smallest absolute Gasteiger partial charge is 0.338 e. The van der Waals surface area contributed by atoms with Crippen LogP contribution in [0.4, 0.5) is 0 Å². The van der Waals surface area contributed by atoms with Crippen LogP contribution in [0.5, 0.6) is 0 Å². The van der Waals surface area contributed by atoms with Gasteiger partial charge >= 0.3 is 11.9 Å². The molecule has 1 aliphatic carbocycles. The number of hydrazine groups is 1. The molecule has 7 heteroatoms. The van der Waals surface area contributed by atoms with E-state index in [9.17, 15) is 14.4 Å². The van der Waals surface area contributed by atoms with Crippen molar-refractivity contribution in [1.82, 2.24) is 10.9 Å². The van der Waals surface area contributed by atoms with Crippen molar-refractivity contribution >= 4 is 17.8 Å². The summed E-state index contributed by atoms with van der Waals surface area (Å²) in [7, 11) is 0. The van der Waals surface area contributed by atoms with Gasteiger partial charge in [0.1, 0.15) is 0 Å². The topological polar surface area (TPSA) is 97.6 Å². The van der Waals surface area contributed by atoms with Crippen LogP contribution in [0.2, 0.25) is 0 Å². The van der Waals surface area contributed by atoms with Crippen molar-refractivity contribution in [2.45, 2.75) is 38.0 Å². The lowest BCUT2D eigenvalue weighted by atomic mass is 9.84. The van der Waals surface area contributed by atoms with Gasteiger partial charge in [-0.2, -0.15) is 0 Å². The maximum atomic E-state index is 12.1. The number of hydrogen-bond donors (Lipinski definition) is 2. The molecule has 2 N–H and O–H groups in total. The summed E-state index contributed by atoms with van der Waals surface area (Å²) in [6.07, 6.45) is 7.52. The van der Waals surface area contributed by atoms with Gasteiger partial charge in [0.25, 0.3) is 5.91 Å². The first-order valence-electron chi connectivity index (χ1n) is 9.03. The molecule has 1 aliphatic rings. The number of furan rings is 1. The molecule has 1 aromatic heterocycles. The van der Waals surface area contributed by atoms with Crippen molar-refractivity contribution in [2.75, 3.05) is 6.61 Å². The number of amides is 2. The van der Waals surface area contributed by atoms with Crippen molar-refractivity contribution in [2.24, 2.45) is 0 Å². The van der Waals surface area contributed by atoms with Crippen LogP contribution in [0.15, 0.2) is 47.1 Å². The van der Waals surface area contributed by atoms with Crippen molar-refractivity contribution < 1.29 is 23.5 Å². The molecule has 0 spiro atoms. The largest absolute Gasteiger partial charge is 0.459 e. The Hall–Kier alpha value is -3.09. The van der Waals surface area contributed by atoms with E-state index in [2.05, 4.69) is 10.9 Å². The third-order valence-corrected chi connectivity index (χ3v) is 4.62. The van der Waals surface area contributed by atoms with Gasteiger partial charge in [-0.15, -0.1) is 0 Å². The van der Waals surface area contributed by atoms with Gasteiger partial charge < -0.3 is 9.15 Å². The molecule has 27 heavy (non-hydrogen) atoms. The fourth-order valence-corrected chi connectivity index (χ4v) is 3.17. The average Bonchev–Trinajstić information content (AvgIpc) is 3.26. The quantitative estimate of drug-likeness (QED) is 0.623. The normalized spacial score (nSPS) is 14.4. The number of rotatable bonds is 5. The summed E-state index contributed by atoms with van der Waals surface area (Å²) in [6, 6.07) is 10.4. The van der Waals surface area contributed by atoms with Crippen LogP contribution < -0.4 is 10.9 Å². The van der Waals surface area contributed by atoms with Crippen LogP contribution in [0.1, 0.15) is 64.5 Å². The van der Waals surface area contributed by atoms with Gasteiger partial charge in [0, 0.05) is 0 Å². The van der Waals surface area contributed by atoms with Crippen LogP contribution in [-0.4, -0.2) is 24.4 Å². The molecule has 3 rings (SSSR count). The fourth-order valence-electron chi connectivity index (χ4n) is 3.17. The first kappa shape index (κ1) is 18.7. The number of ether oxygens (including phenoxy) is 1. The second kappa shape index (κ2) is 9.02. The summed E-state index contributed by atoms with van der Waals surface area (Å²) in [5.74, 6) is -1.21. The highest BCUT2D eigenvalue weighted by atomic mass is 16.5. The molecule has 2 amide bonds. The van der Waals surface area contributed by atoms with E-state index in [1.165, 1.54) is 50.0 Å². The summed E-state index contributed by atoms with van der Waals surface area (Å²) < 4.78 is 9.86. The Morgan fingerprint density at radius 2 is 1.74 bits per heavy atom. The lowest BCUT2D eigenvalue weighted by Crippen LogP contribution is -2.43. The molecule has 7 nitrogen and oxygen atoms in total. The second-order valence-corrected chi connectivity index (χ2v) is 6.51. The highest BCUT2D eigenvalue weighted by Crippen LogP contribution is 2.32. The van der Waals surface area contributed by atoms with Gasteiger partial charge in [0.2, 0.25) is 0 Å². The zero-order valence-corrected chi connectivity index (χ0v) is 14.9. The number of carbonyl (C=O) groups excluding carboxylic acids is 3. The molecule has 0 atom stereocenters. The maximum absolute atomic E-state index is 12.1. The maximum Gasteiger partial charge on any atom is 0.338 e. The van der Waals surface area contributed by atoms with Gasteiger partial charge in [0.15, 0.2) is 12.4 Å². The minimum absolute atomic E-state index is 0.0605. The van der Waals surface area contributed by atoms with E-state index in [1.807, 2.05) is 12.1 Å². The van der Waals surface area contributed by atoms with Gasteiger partial charge in [-0.1, -0.05) is 31.4 Å². The third-order valence-electron chi connectivity index (χ3n) is 4.62. The van der Waals surface area contributed by atoms with E-state index in [0.29, 0.717) is 11.5 Å². The molecule has 0 unspecified atom stereocenters. The monoisotopic (exact) mass is 370 g/mol. The molecule has 1 saturated carbocycles. The van der Waals surface area contributed by atoms with E-state index in [1.54, 1.807) is 18.2 Å². The molecule has 1 heterocycles. The number of hydrogen-bond acceptors (Lipinski definition) is 5. The first-order chi connectivity index (χ1) is 13.1. The minimum Gasteiger partial charge on any atom is -0.459 e. The Morgan fingerprint density at radius 3 is 2.41 bits per heavy atom. The molecule has 0 bridgehead atoms. The molecule has 1 aromatic carbocycles. The number of benzene rings is 1. The summed E-state index contributed by atoms with van der Waals surface area (Å²) in [6.45, 7) is -0.498. The van der Waals surface area contributed by atoms with Crippen LogP contribution in [-0.2, 0) is 9.53 Å². The molecule has 2 aromatic rings. The van der Waals surface area contributed by atoms with Crippen LogP contribution in [0, 0.1) is 0 Å². The first-order valence-corrected chi connectivity index (χ1v) is 9.03. The van der Waals surface area contributed by atoms with Gasteiger partial charge in [-0.3, -0.25) is 20.4 Å². The van der Waals surface area contributed by atoms with Crippen molar-refractivity contribution in [3.8, 4) is 0 Å². The second-order valence-electron chi connectivity index (χ2n) is 6.51. The number of carbonyl (C=O) groups is 3. The van der Waals surface area contributed by atoms with Crippen molar-refractivity contribution in [3.05, 3.63) is 59.5 Å². The Balaban J connectivity index is 1.43. The Kier molecular flexibility index (Phi) is 6.25. The van der Waals surface area contributed by atoms with Crippen molar-refractivity contribution in [3.63, 3.8) is 0 Å². The van der Waals surface area contributed by atoms with Crippen LogP contribution >= 0.6 is 0 Å². The zero-order chi connectivity index (χ0) is 19.1. The Labute approximate surface area is 157 Å². The highest BCUT2D eigenvalue weighted by Gasteiger charge is 2.17. The van der Waals surface area contributed by atoms with Gasteiger partial charge in [-0.25, -0.2) is 4.79 Å². The molecule has 142 valence electrons. The SMILES string of the molecule is O=C(COC(=O)c1ccc(C2CCCCC2)cc1)NNC(=O)c1ccco1. The van der Waals surface area contributed by atoms with E-state index < -0.39 is 24.4 Å². The lowest BCUT2D eigenvalue weighted by molar-refractivity contribution is -0.125. The summed E-state index contributed by atoms with van der Waals surface area (Å²) in [4.78, 5) is 35.3. The molecule has 0 saturated heterocycles. The molecule has 0 aliphatic heterocycles. The Morgan fingerprint density at radius 1 is 1.00 bits per heavy atom. The molecular formula is C20H22N2O5. The summed E-state index contributed by atoms with van der Waals surface area (Å²) in [5.41, 5.74) is 5.95. The van der Waals surface area contributed by atoms with E-state index in [0.717, 1.165) is 0 Å². The predicted octanol–water partition coefficient (Wildman–Crippen LogP) is 2.95. The molecule has 0 radical (unpaired) electrons. The van der Waals surface area contributed by atoms with E-state index in [4.69, 9.17) is 9.15 Å². The average molecular weight is 370 g/mol. The van der Waals surface area contributed by atoms with Crippen LogP contribution in [0.3, 0.4) is 0 Å². The predicted molar refractivity (Wildman–Crippen MR) is 96.9 cm³/mol. The standard InChI is InChI=1S/C20H22N2O5/c23-18(21-22-19(24)17-7-4-12-26-17)13-27-20(25)16-10-8-15(9-11-16)14-5-2-1-3-6-14/h4,7-12,14H,1-3,5-6,13H2,(H,21,23)(H,22,24). The molecular weight excluding hydrogens is 348 g/mol. The number of esters is 1. The fraction of sp³-hybridized carbons (Fsp3) is 0.350. The van der Waals surface area contributed by atoms with Gasteiger partial charge in [-0.05, 0) is 48.6 Å².